The molecule has 1 amide bonds. The van der Waals surface area contributed by atoms with E-state index in [1.54, 1.807) is 29.2 Å². The number of amides is 1. The number of fused-ring (bicyclic) bond motifs is 1. The number of aromatic nitrogens is 2. The van der Waals surface area contributed by atoms with Gasteiger partial charge in [-0.3, -0.25) is 9.59 Å². The average molecular weight is 824 g/mol. The summed E-state index contributed by atoms with van der Waals surface area (Å²) in [7, 11) is 1.93. The highest BCUT2D eigenvalue weighted by molar-refractivity contribution is 5.85. The van der Waals surface area contributed by atoms with Gasteiger partial charge >= 0.3 is 23.8 Å². The first-order valence-corrected chi connectivity index (χ1v) is 18.5. The Labute approximate surface area is 333 Å². The van der Waals surface area contributed by atoms with Crippen molar-refractivity contribution >= 4 is 28.9 Å². The van der Waals surface area contributed by atoms with Crippen molar-refractivity contribution in [2.75, 3.05) is 20.1 Å². The molecule has 3 aromatic carbocycles. The lowest BCUT2D eigenvalue weighted by Crippen LogP contribution is -2.70. The second kappa shape index (κ2) is 17.1. The normalized spacial score (nSPS) is 15.5. The highest BCUT2D eigenvalue weighted by Gasteiger charge is 2.55. The van der Waals surface area contributed by atoms with E-state index < -0.39 is 70.7 Å². The van der Waals surface area contributed by atoms with Crippen LogP contribution in [0.25, 0.3) is 22.2 Å². The summed E-state index contributed by atoms with van der Waals surface area (Å²) < 4.78 is 70.1. The number of carbonyl (C=O) groups excluding carboxylic acids is 1. The first kappa shape index (κ1) is 42.6. The van der Waals surface area contributed by atoms with Gasteiger partial charge in [0.15, 0.2) is 23.6 Å². The minimum atomic E-state index is -4.49. The lowest BCUT2D eigenvalue weighted by molar-refractivity contribution is -0.778. The first-order valence-electron chi connectivity index (χ1n) is 18.5. The SMILES string of the molecule is CN1CCC(N(Cc2ccc(-c3ccc(C(F)(F)F)cc3)cc2)C(=O)Cn2c(CCc3cccc(F)c3F)cc(=O)c3ccc[n+](C(O)(C(=O)O)C(O)C(=O)O)c32)CC1. The van der Waals surface area contributed by atoms with E-state index in [2.05, 4.69) is 4.90 Å². The number of nitrogens with zero attached hydrogens (tertiary/aromatic N) is 4. The number of pyridine rings is 2. The summed E-state index contributed by atoms with van der Waals surface area (Å²) in [5.74, 6) is -7.13. The van der Waals surface area contributed by atoms with Crippen molar-refractivity contribution in [1.82, 2.24) is 14.4 Å². The number of rotatable bonds is 13. The molecule has 5 aromatic rings. The zero-order valence-corrected chi connectivity index (χ0v) is 31.6. The molecule has 59 heavy (non-hydrogen) atoms. The lowest BCUT2D eigenvalue weighted by atomic mass is 10.00. The molecule has 6 rings (SSSR count). The van der Waals surface area contributed by atoms with Crippen LogP contribution in [0.4, 0.5) is 22.0 Å². The fourth-order valence-electron chi connectivity index (χ4n) is 7.40. The second-order valence-electron chi connectivity index (χ2n) is 14.5. The predicted octanol–water partition coefficient (Wildman–Crippen LogP) is 4.34. The number of aliphatic carboxylic acids is 2. The Kier molecular flexibility index (Phi) is 12.3. The van der Waals surface area contributed by atoms with Gasteiger partial charge in [-0.05, 0) is 92.0 Å². The van der Waals surface area contributed by atoms with Crippen molar-refractivity contribution in [3.05, 3.63) is 135 Å². The molecule has 2 aromatic heterocycles. The number of aliphatic hydroxyl groups is 2. The number of hydrogen-bond acceptors (Lipinski definition) is 7. The third-order valence-electron chi connectivity index (χ3n) is 10.7. The summed E-state index contributed by atoms with van der Waals surface area (Å²) in [4.78, 5) is 56.7. The Morgan fingerprint density at radius 3 is 2.12 bits per heavy atom. The molecule has 0 aliphatic carbocycles. The van der Waals surface area contributed by atoms with E-state index in [-0.39, 0.29) is 42.1 Å². The molecule has 0 spiro atoms. The number of aliphatic hydroxyl groups excluding tert-OH is 1. The van der Waals surface area contributed by atoms with Gasteiger partial charge in [0.05, 0.1) is 11.8 Å². The van der Waals surface area contributed by atoms with E-state index >= 15 is 0 Å². The van der Waals surface area contributed by atoms with E-state index in [1.165, 1.54) is 34.9 Å². The predicted molar refractivity (Wildman–Crippen MR) is 202 cm³/mol. The van der Waals surface area contributed by atoms with Crippen molar-refractivity contribution in [2.24, 2.45) is 0 Å². The zero-order chi connectivity index (χ0) is 42.8. The Balaban J connectivity index is 1.44. The van der Waals surface area contributed by atoms with Crippen LogP contribution in [0.2, 0.25) is 0 Å². The number of likely N-dealkylation sites (tertiary alicyclic amines) is 1. The van der Waals surface area contributed by atoms with Crippen molar-refractivity contribution in [3.63, 3.8) is 0 Å². The Hall–Kier alpha value is -6.04. The Morgan fingerprint density at radius 2 is 1.53 bits per heavy atom. The van der Waals surface area contributed by atoms with Crippen LogP contribution in [0.5, 0.6) is 0 Å². The number of halogens is 5. The average Bonchev–Trinajstić information content (AvgIpc) is 3.21. The van der Waals surface area contributed by atoms with Gasteiger partial charge in [-0.25, -0.2) is 22.9 Å². The summed E-state index contributed by atoms with van der Waals surface area (Å²) in [6, 6.07) is 18.3. The maximum atomic E-state index is 14.8. The molecule has 3 heterocycles. The lowest BCUT2D eigenvalue weighted by Gasteiger charge is -2.37. The van der Waals surface area contributed by atoms with E-state index in [9.17, 15) is 61.6 Å². The highest BCUT2D eigenvalue weighted by Crippen LogP contribution is 2.31. The summed E-state index contributed by atoms with van der Waals surface area (Å²) >= 11 is 0. The first-order chi connectivity index (χ1) is 27.9. The van der Waals surface area contributed by atoms with Crippen molar-refractivity contribution in [3.8, 4) is 11.1 Å². The van der Waals surface area contributed by atoms with Crippen LogP contribution in [-0.2, 0) is 52.2 Å². The molecule has 4 N–H and O–H groups in total. The molecule has 310 valence electrons. The molecule has 1 aliphatic rings. The number of carboxylic acid groups (broad SMARTS) is 2. The van der Waals surface area contributed by atoms with Crippen LogP contribution in [0.15, 0.2) is 95.9 Å². The summed E-state index contributed by atoms with van der Waals surface area (Å²) in [5, 5.41) is 41.6. The zero-order valence-electron chi connectivity index (χ0n) is 31.6. The van der Waals surface area contributed by atoms with Gasteiger partial charge in [-0.2, -0.15) is 17.7 Å². The minimum Gasteiger partial charge on any atom is -0.479 e. The van der Waals surface area contributed by atoms with Crippen LogP contribution < -0.4 is 10.00 Å². The number of alkyl halides is 3. The molecule has 2 atom stereocenters. The minimum absolute atomic E-state index is 0.0150. The summed E-state index contributed by atoms with van der Waals surface area (Å²) in [5.41, 5.74) is -3.85. The number of aryl methyl sites for hydroxylation is 2. The number of hydrogen-bond donors (Lipinski definition) is 4. The molecule has 1 saturated heterocycles. The fraction of sp³-hybridized carbons (Fsp3) is 0.310. The summed E-state index contributed by atoms with van der Waals surface area (Å²) in [6.07, 6.45) is -5.86. The molecule has 2 unspecified atom stereocenters. The van der Waals surface area contributed by atoms with Crippen LogP contribution in [0.1, 0.15) is 35.2 Å². The van der Waals surface area contributed by atoms with Crippen molar-refractivity contribution in [2.45, 2.75) is 62.8 Å². The third kappa shape index (κ3) is 8.86. The molecule has 0 radical (unpaired) electrons. The number of benzene rings is 3. The van der Waals surface area contributed by atoms with E-state index in [4.69, 9.17) is 0 Å². The number of piperidine rings is 1. The van der Waals surface area contributed by atoms with Crippen molar-refractivity contribution in [1.29, 1.82) is 0 Å². The maximum Gasteiger partial charge on any atom is 0.416 e. The van der Waals surface area contributed by atoms with Crippen LogP contribution in [0, 0.1) is 11.6 Å². The standard InChI is InChI=1S/C42H39F5N4O8/c1-48-20-17-30(18-21-48)49(23-25-7-9-26(10-8-25)27-11-14-29(15-12-27)42(45,46)47)35(53)24-50-31(16-13-28-4-2-6-33(43)36(28)44)22-34(52)32-5-3-19-51(38(32)50)41(59,40(57)58)37(54)39(55)56/h2-12,14-15,19,22,30,37,54,59H,13,16-18,20-21,23-24H2,1H3,(H-,55,56,57,58)/p+1. The number of carbonyl (C=O) groups is 3. The molecule has 17 heteroatoms. The van der Waals surface area contributed by atoms with E-state index in [0.29, 0.717) is 47.2 Å². The van der Waals surface area contributed by atoms with Gasteiger partial charge in [-0.15, -0.1) is 0 Å². The van der Waals surface area contributed by atoms with Gasteiger partial charge in [0.1, 0.15) is 11.1 Å². The van der Waals surface area contributed by atoms with E-state index in [1.807, 2.05) is 7.05 Å². The van der Waals surface area contributed by atoms with Gasteiger partial charge in [0.2, 0.25) is 6.10 Å². The third-order valence-corrected chi connectivity index (χ3v) is 10.7. The fourth-order valence-corrected chi connectivity index (χ4v) is 7.40. The molecule has 12 nitrogen and oxygen atoms in total. The van der Waals surface area contributed by atoms with Gasteiger partial charge in [-0.1, -0.05) is 48.5 Å². The van der Waals surface area contributed by atoms with Gasteiger partial charge in [0.25, 0.3) is 11.6 Å². The highest BCUT2D eigenvalue weighted by atomic mass is 19.4. The molecule has 0 bridgehead atoms. The molecule has 1 aliphatic heterocycles. The topological polar surface area (TPSA) is 164 Å². The maximum absolute atomic E-state index is 14.8. The molecule has 1 fully saturated rings. The Bertz CT molecular complexity index is 2430. The molecular formula is C42H40F5N4O8+. The van der Waals surface area contributed by atoms with Crippen LogP contribution in [-0.4, -0.2) is 84.9 Å². The van der Waals surface area contributed by atoms with Crippen LogP contribution >= 0.6 is 0 Å². The second-order valence-corrected chi connectivity index (χ2v) is 14.5. The quantitative estimate of drug-likeness (QED) is 0.100. The molecular weight excluding hydrogens is 783 g/mol. The largest absolute Gasteiger partial charge is 0.479 e. The van der Waals surface area contributed by atoms with Crippen LogP contribution in [0.3, 0.4) is 0 Å². The monoisotopic (exact) mass is 823 g/mol. The smallest absolute Gasteiger partial charge is 0.416 e. The van der Waals surface area contributed by atoms with Crippen molar-refractivity contribution < 1.29 is 61.3 Å². The van der Waals surface area contributed by atoms with Gasteiger partial charge in [0, 0.05) is 25.1 Å². The van der Waals surface area contributed by atoms with E-state index in [0.717, 1.165) is 36.5 Å². The number of carboxylic acids is 2. The Morgan fingerprint density at radius 1 is 0.898 bits per heavy atom. The summed E-state index contributed by atoms with van der Waals surface area (Å²) in [6.45, 7) is 0.673. The van der Waals surface area contributed by atoms with Gasteiger partial charge < -0.3 is 30.2 Å². The molecule has 0 saturated carbocycles.